The van der Waals surface area contributed by atoms with Crippen LogP contribution in [0.3, 0.4) is 0 Å². The highest BCUT2D eigenvalue weighted by Crippen LogP contribution is 2.18. The average molecular weight is 373 g/mol. The van der Waals surface area contributed by atoms with Crippen LogP contribution in [0, 0.1) is 5.92 Å². The van der Waals surface area contributed by atoms with Gasteiger partial charge in [-0.05, 0) is 65.4 Å². The summed E-state index contributed by atoms with van der Waals surface area (Å²) in [6.07, 6.45) is 2.63. The molecule has 0 aromatic heterocycles. The van der Waals surface area contributed by atoms with Gasteiger partial charge in [0.05, 0.1) is 0 Å². The standard InChI is InChI=1S/C25H28N2O/c1-19-5-4-14-27(17-19)18-20-8-12-23(13-9-20)25(28)26-16-21-10-11-22-6-2-3-7-24(22)15-21/h2-3,6-13,15,19H,4-5,14,16-18H2,1H3,(H,26,28)/t19-/m0/s1. The quantitative estimate of drug-likeness (QED) is 0.683. The van der Waals surface area contributed by atoms with E-state index in [0.29, 0.717) is 6.54 Å². The lowest BCUT2D eigenvalue weighted by atomic mass is 9.99. The monoisotopic (exact) mass is 372 g/mol. The van der Waals surface area contributed by atoms with Gasteiger partial charge in [0, 0.05) is 25.2 Å². The molecule has 4 rings (SSSR count). The third-order valence-electron chi connectivity index (χ3n) is 5.63. The predicted molar refractivity (Wildman–Crippen MR) is 115 cm³/mol. The fourth-order valence-electron chi connectivity index (χ4n) is 4.08. The summed E-state index contributed by atoms with van der Waals surface area (Å²) in [4.78, 5) is 15.0. The van der Waals surface area contributed by atoms with Crippen molar-refractivity contribution in [3.05, 3.63) is 83.4 Å². The summed E-state index contributed by atoms with van der Waals surface area (Å²) in [6.45, 7) is 6.20. The van der Waals surface area contributed by atoms with E-state index in [1.165, 1.54) is 42.3 Å². The van der Waals surface area contributed by atoms with Gasteiger partial charge in [-0.15, -0.1) is 0 Å². The zero-order valence-electron chi connectivity index (χ0n) is 16.5. The third-order valence-corrected chi connectivity index (χ3v) is 5.63. The van der Waals surface area contributed by atoms with Gasteiger partial charge in [0.1, 0.15) is 0 Å². The van der Waals surface area contributed by atoms with E-state index in [4.69, 9.17) is 0 Å². The Hall–Kier alpha value is -2.65. The summed E-state index contributed by atoms with van der Waals surface area (Å²) >= 11 is 0. The molecule has 3 heteroatoms. The van der Waals surface area contributed by atoms with Gasteiger partial charge in [-0.3, -0.25) is 9.69 Å². The first-order chi connectivity index (χ1) is 13.7. The summed E-state index contributed by atoms with van der Waals surface area (Å²) in [5.74, 6) is 0.764. The van der Waals surface area contributed by atoms with Gasteiger partial charge in [0.15, 0.2) is 0 Å². The van der Waals surface area contributed by atoms with Crippen molar-refractivity contribution in [1.29, 1.82) is 0 Å². The van der Waals surface area contributed by atoms with Crippen molar-refractivity contribution in [3.63, 3.8) is 0 Å². The van der Waals surface area contributed by atoms with E-state index in [9.17, 15) is 4.79 Å². The van der Waals surface area contributed by atoms with E-state index < -0.39 is 0 Å². The van der Waals surface area contributed by atoms with Crippen LogP contribution in [0.2, 0.25) is 0 Å². The van der Waals surface area contributed by atoms with Gasteiger partial charge in [0.25, 0.3) is 5.91 Å². The van der Waals surface area contributed by atoms with Crippen molar-refractivity contribution < 1.29 is 4.79 Å². The van der Waals surface area contributed by atoms with Crippen LogP contribution >= 0.6 is 0 Å². The minimum atomic E-state index is -0.0219. The molecule has 1 aliphatic heterocycles. The smallest absolute Gasteiger partial charge is 0.251 e. The minimum absolute atomic E-state index is 0.0219. The summed E-state index contributed by atoms with van der Waals surface area (Å²) in [5.41, 5.74) is 3.11. The van der Waals surface area contributed by atoms with Crippen molar-refractivity contribution in [3.8, 4) is 0 Å². The van der Waals surface area contributed by atoms with E-state index in [1.807, 2.05) is 24.3 Å². The molecule has 1 fully saturated rings. The Labute approximate surface area is 167 Å². The van der Waals surface area contributed by atoms with Crippen molar-refractivity contribution >= 4 is 16.7 Å². The number of rotatable bonds is 5. The number of likely N-dealkylation sites (tertiary alicyclic amines) is 1. The highest BCUT2D eigenvalue weighted by atomic mass is 16.1. The molecule has 1 saturated heterocycles. The lowest BCUT2D eigenvalue weighted by molar-refractivity contribution is 0.0951. The number of nitrogens with one attached hydrogen (secondary N) is 1. The van der Waals surface area contributed by atoms with E-state index in [1.54, 1.807) is 0 Å². The molecule has 3 aromatic rings. The molecule has 0 unspecified atom stereocenters. The number of carbonyl (C=O) groups is 1. The molecule has 0 spiro atoms. The average Bonchev–Trinajstić information content (AvgIpc) is 2.72. The van der Waals surface area contributed by atoms with Crippen molar-refractivity contribution in [2.45, 2.75) is 32.9 Å². The van der Waals surface area contributed by atoms with Gasteiger partial charge in [-0.1, -0.05) is 55.5 Å². The van der Waals surface area contributed by atoms with Gasteiger partial charge < -0.3 is 5.32 Å². The Morgan fingerprint density at radius 3 is 2.54 bits per heavy atom. The molecular weight excluding hydrogens is 344 g/mol. The summed E-state index contributed by atoms with van der Waals surface area (Å²) in [6, 6.07) is 22.7. The number of fused-ring (bicyclic) bond motifs is 1. The van der Waals surface area contributed by atoms with Crippen LogP contribution in [0.1, 0.15) is 41.3 Å². The fraction of sp³-hybridized carbons (Fsp3) is 0.320. The molecule has 0 radical (unpaired) electrons. The first-order valence-corrected chi connectivity index (χ1v) is 10.2. The normalized spacial score (nSPS) is 17.5. The van der Waals surface area contributed by atoms with Crippen molar-refractivity contribution in [2.24, 2.45) is 5.92 Å². The Kier molecular flexibility index (Phi) is 5.73. The molecule has 0 saturated carbocycles. The Morgan fingerprint density at radius 2 is 1.75 bits per heavy atom. The molecule has 0 bridgehead atoms. The number of benzene rings is 3. The largest absolute Gasteiger partial charge is 0.348 e. The van der Waals surface area contributed by atoms with Gasteiger partial charge in [0.2, 0.25) is 0 Å². The maximum absolute atomic E-state index is 12.5. The zero-order chi connectivity index (χ0) is 19.3. The summed E-state index contributed by atoms with van der Waals surface area (Å²) < 4.78 is 0. The van der Waals surface area contributed by atoms with E-state index >= 15 is 0 Å². The van der Waals surface area contributed by atoms with Gasteiger partial charge >= 0.3 is 0 Å². The first kappa shape index (κ1) is 18.7. The van der Waals surface area contributed by atoms with E-state index in [2.05, 4.69) is 59.6 Å². The minimum Gasteiger partial charge on any atom is -0.348 e. The van der Waals surface area contributed by atoms with E-state index in [-0.39, 0.29) is 5.91 Å². The zero-order valence-corrected chi connectivity index (χ0v) is 16.5. The number of hydrogen-bond donors (Lipinski definition) is 1. The molecule has 1 amide bonds. The number of amides is 1. The molecular formula is C25H28N2O. The van der Waals surface area contributed by atoms with Gasteiger partial charge in [-0.25, -0.2) is 0 Å². The number of nitrogens with zero attached hydrogens (tertiary/aromatic N) is 1. The van der Waals surface area contributed by atoms with Crippen molar-refractivity contribution in [1.82, 2.24) is 10.2 Å². The van der Waals surface area contributed by atoms with Crippen molar-refractivity contribution in [2.75, 3.05) is 13.1 Å². The highest BCUT2D eigenvalue weighted by Gasteiger charge is 2.16. The topological polar surface area (TPSA) is 32.3 Å². The Morgan fingerprint density at radius 1 is 1.00 bits per heavy atom. The van der Waals surface area contributed by atoms with Crippen LogP contribution in [0.5, 0.6) is 0 Å². The number of hydrogen-bond acceptors (Lipinski definition) is 2. The lowest BCUT2D eigenvalue weighted by Gasteiger charge is -2.30. The van der Waals surface area contributed by atoms with Crippen LogP contribution in [-0.4, -0.2) is 23.9 Å². The maximum Gasteiger partial charge on any atom is 0.251 e. The molecule has 3 nitrogen and oxygen atoms in total. The molecule has 1 atom stereocenters. The Balaban J connectivity index is 1.33. The number of carbonyl (C=O) groups excluding carboxylic acids is 1. The van der Waals surface area contributed by atoms with Crippen LogP contribution in [0.4, 0.5) is 0 Å². The predicted octanol–water partition coefficient (Wildman–Crippen LogP) is 5.00. The lowest BCUT2D eigenvalue weighted by Crippen LogP contribution is -2.33. The molecule has 1 aliphatic rings. The highest BCUT2D eigenvalue weighted by molar-refractivity contribution is 5.94. The SMILES string of the molecule is C[C@H]1CCCN(Cc2ccc(C(=O)NCc3ccc4ccccc4c3)cc2)C1. The maximum atomic E-state index is 12.5. The second kappa shape index (κ2) is 8.57. The first-order valence-electron chi connectivity index (χ1n) is 10.2. The molecule has 144 valence electrons. The molecule has 28 heavy (non-hydrogen) atoms. The Bertz CT molecular complexity index is 948. The third kappa shape index (κ3) is 4.60. The molecule has 0 aliphatic carbocycles. The van der Waals surface area contributed by atoms with Gasteiger partial charge in [-0.2, -0.15) is 0 Å². The van der Waals surface area contributed by atoms with Crippen LogP contribution < -0.4 is 5.32 Å². The summed E-state index contributed by atoms with van der Waals surface area (Å²) in [5, 5.41) is 5.46. The van der Waals surface area contributed by atoms with E-state index in [0.717, 1.165) is 23.6 Å². The van der Waals surface area contributed by atoms with Crippen LogP contribution in [-0.2, 0) is 13.1 Å². The second-order valence-corrected chi connectivity index (χ2v) is 8.04. The molecule has 1 heterocycles. The molecule has 3 aromatic carbocycles. The fourth-order valence-corrected chi connectivity index (χ4v) is 4.08. The van der Waals surface area contributed by atoms with Crippen LogP contribution in [0.15, 0.2) is 66.7 Å². The second-order valence-electron chi connectivity index (χ2n) is 8.04. The van der Waals surface area contributed by atoms with Crippen LogP contribution in [0.25, 0.3) is 10.8 Å². The summed E-state index contributed by atoms with van der Waals surface area (Å²) in [7, 11) is 0. The molecule has 1 N–H and O–H groups in total. The number of piperidine rings is 1.